The van der Waals surface area contributed by atoms with E-state index < -0.39 is 0 Å². The van der Waals surface area contributed by atoms with E-state index in [1.54, 1.807) is 11.8 Å². The number of hydrogen-bond donors (Lipinski definition) is 0. The van der Waals surface area contributed by atoms with Crippen LogP contribution in [0.25, 0.3) is 0 Å². The van der Waals surface area contributed by atoms with Crippen molar-refractivity contribution >= 4 is 17.5 Å². The molecule has 1 nitrogen and oxygen atoms in total. The van der Waals surface area contributed by atoms with Gasteiger partial charge in [-0.1, -0.05) is 30.3 Å². The van der Waals surface area contributed by atoms with E-state index in [0.29, 0.717) is 18.6 Å². The van der Waals surface area contributed by atoms with Crippen molar-refractivity contribution in [2.75, 3.05) is 12.0 Å². The molecule has 0 atom stereocenters. The molecule has 70 valence electrons. The van der Waals surface area contributed by atoms with Crippen LogP contribution in [0.5, 0.6) is 0 Å². The summed E-state index contributed by atoms with van der Waals surface area (Å²) in [6, 6.07) is 9.90. The minimum atomic E-state index is 0.334. The minimum absolute atomic E-state index is 0.334. The lowest BCUT2D eigenvalue weighted by Gasteiger charge is -1.99. The topological polar surface area (TPSA) is 17.1 Å². The van der Waals surface area contributed by atoms with Crippen LogP contribution in [-0.2, 0) is 11.2 Å². The van der Waals surface area contributed by atoms with Crippen molar-refractivity contribution in [3.05, 3.63) is 35.9 Å². The fourth-order valence-corrected chi connectivity index (χ4v) is 1.56. The van der Waals surface area contributed by atoms with Crippen LogP contribution < -0.4 is 0 Å². The van der Waals surface area contributed by atoms with Crippen LogP contribution in [0.2, 0.25) is 0 Å². The van der Waals surface area contributed by atoms with Gasteiger partial charge in [0.05, 0.1) is 0 Å². The van der Waals surface area contributed by atoms with Crippen LogP contribution >= 0.6 is 11.8 Å². The van der Waals surface area contributed by atoms with Crippen molar-refractivity contribution in [1.82, 2.24) is 0 Å². The third-order valence-corrected chi connectivity index (χ3v) is 2.44. The third-order valence-electron chi connectivity index (χ3n) is 1.83. The highest BCUT2D eigenvalue weighted by Gasteiger charge is 2.01. The van der Waals surface area contributed by atoms with Crippen LogP contribution in [0, 0.1) is 0 Å². The molecule has 1 aromatic carbocycles. The monoisotopic (exact) mass is 194 g/mol. The van der Waals surface area contributed by atoms with Gasteiger partial charge in [0.25, 0.3) is 0 Å². The van der Waals surface area contributed by atoms with E-state index in [2.05, 4.69) is 0 Å². The van der Waals surface area contributed by atoms with E-state index in [1.807, 2.05) is 36.6 Å². The SMILES string of the molecule is CSCCC(=O)Cc1ccccc1. The predicted octanol–water partition coefficient (Wildman–Crippen LogP) is 2.55. The zero-order chi connectivity index (χ0) is 9.52. The van der Waals surface area contributed by atoms with Crippen LogP contribution in [0.1, 0.15) is 12.0 Å². The van der Waals surface area contributed by atoms with Gasteiger partial charge in [0, 0.05) is 12.8 Å². The lowest BCUT2D eigenvalue weighted by Crippen LogP contribution is -2.03. The maximum atomic E-state index is 11.4. The summed E-state index contributed by atoms with van der Waals surface area (Å²) in [6.07, 6.45) is 3.30. The Morgan fingerprint density at radius 3 is 2.62 bits per heavy atom. The van der Waals surface area contributed by atoms with Gasteiger partial charge in [0.15, 0.2) is 0 Å². The van der Waals surface area contributed by atoms with Gasteiger partial charge in [-0.25, -0.2) is 0 Å². The molecule has 0 heterocycles. The normalized spacial score (nSPS) is 9.92. The number of benzene rings is 1. The average molecular weight is 194 g/mol. The highest BCUT2D eigenvalue weighted by Crippen LogP contribution is 2.04. The van der Waals surface area contributed by atoms with Gasteiger partial charge < -0.3 is 0 Å². The van der Waals surface area contributed by atoms with Crippen LogP contribution in [0.3, 0.4) is 0 Å². The molecule has 0 aromatic heterocycles. The number of thioether (sulfide) groups is 1. The Kier molecular flexibility index (Phi) is 4.61. The molecule has 0 saturated carbocycles. The van der Waals surface area contributed by atoms with Crippen molar-refractivity contribution in [3.63, 3.8) is 0 Å². The smallest absolute Gasteiger partial charge is 0.138 e. The molecule has 0 unspecified atom stereocenters. The molecule has 0 fully saturated rings. The molecule has 0 spiro atoms. The van der Waals surface area contributed by atoms with Gasteiger partial charge in [0.1, 0.15) is 5.78 Å². The van der Waals surface area contributed by atoms with Gasteiger partial charge in [-0.3, -0.25) is 4.79 Å². The van der Waals surface area contributed by atoms with Crippen molar-refractivity contribution < 1.29 is 4.79 Å². The van der Waals surface area contributed by atoms with Crippen LogP contribution in [0.15, 0.2) is 30.3 Å². The van der Waals surface area contributed by atoms with Crippen molar-refractivity contribution in [1.29, 1.82) is 0 Å². The van der Waals surface area contributed by atoms with Crippen molar-refractivity contribution in [2.24, 2.45) is 0 Å². The molecule has 0 radical (unpaired) electrons. The second kappa shape index (κ2) is 5.81. The van der Waals surface area contributed by atoms with Gasteiger partial charge in [-0.05, 0) is 17.6 Å². The van der Waals surface area contributed by atoms with Gasteiger partial charge in [0.2, 0.25) is 0 Å². The molecule has 0 saturated heterocycles. The first-order valence-electron chi connectivity index (χ1n) is 4.37. The second-order valence-electron chi connectivity index (χ2n) is 2.94. The fraction of sp³-hybridized carbons (Fsp3) is 0.364. The Morgan fingerprint density at radius 1 is 1.31 bits per heavy atom. The Bertz CT molecular complexity index is 256. The summed E-state index contributed by atoms with van der Waals surface area (Å²) in [6.45, 7) is 0. The summed E-state index contributed by atoms with van der Waals surface area (Å²) in [7, 11) is 0. The third kappa shape index (κ3) is 4.13. The van der Waals surface area contributed by atoms with E-state index in [-0.39, 0.29) is 0 Å². The van der Waals surface area contributed by atoms with Gasteiger partial charge >= 0.3 is 0 Å². The molecule has 1 rings (SSSR count). The lowest BCUT2D eigenvalue weighted by atomic mass is 10.1. The summed E-state index contributed by atoms with van der Waals surface area (Å²) < 4.78 is 0. The number of ketones is 1. The highest BCUT2D eigenvalue weighted by molar-refractivity contribution is 7.98. The van der Waals surface area contributed by atoms with Gasteiger partial charge in [-0.2, -0.15) is 11.8 Å². The van der Waals surface area contributed by atoms with Crippen LogP contribution in [-0.4, -0.2) is 17.8 Å². The van der Waals surface area contributed by atoms with Crippen molar-refractivity contribution in [2.45, 2.75) is 12.8 Å². The Hall–Kier alpha value is -0.760. The first-order chi connectivity index (χ1) is 6.33. The fourth-order valence-electron chi connectivity index (χ4n) is 1.13. The van der Waals surface area contributed by atoms with E-state index in [0.717, 1.165) is 11.3 Å². The zero-order valence-corrected chi connectivity index (χ0v) is 8.64. The van der Waals surface area contributed by atoms with E-state index in [9.17, 15) is 4.79 Å². The molecule has 2 heteroatoms. The van der Waals surface area contributed by atoms with E-state index in [4.69, 9.17) is 0 Å². The van der Waals surface area contributed by atoms with Crippen molar-refractivity contribution in [3.8, 4) is 0 Å². The quantitative estimate of drug-likeness (QED) is 0.716. The number of carbonyl (C=O) groups is 1. The second-order valence-corrected chi connectivity index (χ2v) is 3.93. The molecular formula is C11H14OS. The molecule has 1 aromatic rings. The summed E-state index contributed by atoms with van der Waals surface area (Å²) in [4.78, 5) is 11.4. The van der Waals surface area contributed by atoms with Crippen LogP contribution in [0.4, 0.5) is 0 Å². The maximum Gasteiger partial charge on any atom is 0.138 e. The first-order valence-corrected chi connectivity index (χ1v) is 5.77. The number of hydrogen-bond acceptors (Lipinski definition) is 2. The molecule has 0 aliphatic rings. The lowest BCUT2D eigenvalue weighted by molar-refractivity contribution is -0.118. The average Bonchev–Trinajstić information content (AvgIpc) is 2.16. The standard InChI is InChI=1S/C11H14OS/c1-13-8-7-11(12)9-10-5-3-2-4-6-10/h2-6H,7-9H2,1H3. The molecular weight excluding hydrogens is 180 g/mol. The molecule has 0 aliphatic carbocycles. The zero-order valence-electron chi connectivity index (χ0n) is 7.82. The molecule has 0 bridgehead atoms. The molecule has 0 amide bonds. The maximum absolute atomic E-state index is 11.4. The Morgan fingerprint density at radius 2 is 2.00 bits per heavy atom. The van der Waals surface area contributed by atoms with E-state index in [1.165, 1.54) is 0 Å². The number of rotatable bonds is 5. The highest BCUT2D eigenvalue weighted by atomic mass is 32.2. The largest absolute Gasteiger partial charge is 0.299 e. The Labute approximate surface area is 83.5 Å². The predicted molar refractivity (Wildman–Crippen MR) is 58.2 cm³/mol. The van der Waals surface area contributed by atoms with Gasteiger partial charge in [-0.15, -0.1) is 0 Å². The minimum Gasteiger partial charge on any atom is -0.299 e. The summed E-state index contributed by atoms with van der Waals surface area (Å²) in [5, 5.41) is 0. The Balaban J connectivity index is 2.37. The number of carbonyl (C=O) groups excluding carboxylic acids is 1. The molecule has 0 N–H and O–H groups in total. The summed E-state index contributed by atoms with van der Waals surface area (Å²) >= 11 is 1.72. The number of Topliss-reactive ketones (excluding diaryl/α,β-unsaturated/α-hetero) is 1. The summed E-state index contributed by atoms with van der Waals surface area (Å²) in [5.41, 5.74) is 1.12. The first kappa shape index (κ1) is 10.3. The van der Waals surface area contributed by atoms with E-state index >= 15 is 0 Å². The molecule has 13 heavy (non-hydrogen) atoms. The summed E-state index contributed by atoms with van der Waals surface area (Å²) in [5.74, 6) is 1.27. The molecule has 0 aliphatic heterocycles.